The summed E-state index contributed by atoms with van der Waals surface area (Å²) in [6.07, 6.45) is 2.52. The van der Waals surface area contributed by atoms with Crippen molar-refractivity contribution < 1.29 is 18.7 Å². The van der Waals surface area contributed by atoms with Crippen molar-refractivity contribution in [1.29, 1.82) is 0 Å². The van der Waals surface area contributed by atoms with Gasteiger partial charge in [-0.15, -0.1) is 0 Å². The van der Waals surface area contributed by atoms with E-state index in [1.807, 2.05) is 19.3 Å². The number of likely N-dealkylation sites (tertiary alicyclic amines) is 1. The summed E-state index contributed by atoms with van der Waals surface area (Å²) >= 11 is 0. The van der Waals surface area contributed by atoms with E-state index in [1.165, 1.54) is 12.1 Å². The molecule has 1 atom stereocenters. The van der Waals surface area contributed by atoms with Gasteiger partial charge in [0.15, 0.2) is 0 Å². The van der Waals surface area contributed by atoms with Crippen LogP contribution in [-0.2, 0) is 11.8 Å². The molecule has 0 N–H and O–H groups in total. The number of hydrogen-bond donors (Lipinski definition) is 0. The molecule has 3 rings (SSSR count). The first-order valence-electron chi connectivity index (χ1n) is 7.87. The van der Waals surface area contributed by atoms with E-state index in [-0.39, 0.29) is 18.3 Å². The van der Waals surface area contributed by atoms with Gasteiger partial charge >= 0.3 is 0 Å². The summed E-state index contributed by atoms with van der Waals surface area (Å²) in [5, 5.41) is 0. The lowest BCUT2D eigenvalue weighted by molar-refractivity contribution is -0.0343. The Kier molecular flexibility index (Phi) is 4.57. The number of nitrogens with zero attached hydrogens (tertiary/aromatic N) is 2. The van der Waals surface area contributed by atoms with Crippen LogP contribution in [0.15, 0.2) is 42.6 Å². The maximum Gasteiger partial charge on any atom is 0.270 e. The first-order chi connectivity index (χ1) is 11.5. The zero-order chi connectivity index (χ0) is 17.2. The largest absolute Gasteiger partial charge is 0.490 e. The molecular formula is C18H21FN2O3. The van der Waals surface area contributed by atoms with Crippen molar-refractivity contribution in [2.45, 2.75) is 12.0 Å². The first-order valence-corrected chi connectivity index (χ1v) is 7.87. The molecule has 6 heteroatoms. The fourth-order valence-corrected chi connectivity index (χ4v) is 2.98. The number of amides is 1. The molecule has 0 unspecified atom stereocenters. The molecule has 0 saturated carbocycles. The van der Waals surface area contributed by atoms with Crippen LogP contribution in [0.3, 0.4) is 0 Å². The summed E-state index contributed by atoms with van der Waals surface area (Å²) in [5.41, 5.74) is 0.0700. The molecule has 1 fully saturated rings. The summed E-state index contributed by atoms with van der Waals surface area (Å²) in [4.78, 5) is 14.4. The highest BCUT2D eigenvalue weighted by molar-refractivity contribution is 5.93. The predicted molar refractivity (Wildman–Crippen MR) is 87.6 cm³/mol. The van der Waals surface area contributed by atoms with Crippen molar-refractivity contribution in [3.63, 3.8) is 0 Å². The van der Waals surface area contributed by atoms with Gasteiger partial charge in [0.25, 0.3) is 5.91 Å². The molecule has 0 spiro atoms. The highest BCUT2D eigenvalue weighted by Crippen LogP contribution is 2.27. The monoisotopic (exact) mass is 332 g/mol. The van der Waals surface area contributed by atoms with Crippen LogP contribution < -0.4 is 4.74 Å². The van der Waals surface area contributed by atoms with Gasteiger partial charge in [-0.05, 0) is 30.7 Å². The van der Waals surface area contributed by atoms with E-state index in [2.05, 4.69) is 0 Å². The van der Waals surface area contributed by atoms with Crippen LogP contribution in [0.4, 0.5) is 4.39 Å². The van der Waals surface area contributed by atoms with Crippen LogP contribution in [0.25, 0.3) is 0 Å². The molecule has 0 bridgehead atoms. The van der Waals surface area contributed by atoms with Crippen LogP contribution in [0.5, 0.6) is 5.75 Å². The summed E-state index contributed by atoms with van der Waals surface area (Å²) in [5.74, 6) is 0.0942. The molecule has 1 amide bonds. The van der Waals surface area contributed by atoms with Gasteiger partial charge < -0.3 is 18.9 Å². The number of aryl methyl sites for hydroxylation is 1. The zero-order valence-corrected chi connectivity index (χ0v) is 13.9. The molecule has 24 heavy (non-hydrogen) atoms. The SMILES string of the molecule is CO[C@]1(COc2cccc(F)c2)CCN(C(=O)c2cccn2C)C1. The molecule has 1 aromatic carbocycles. The third kappa shape index (κ3) is 3.28. The maximum absolute atomic E-state index is 13.2. The van der Waals surface area contributed by atoms with Crippen LogP contribution in [0.1, 0.15) is 16.9 Å². The summed E-state index contributed by atoms with van der Waals surface area (Å²) in [6, 6.07) is 9.66. The molecule has 0 aliphatic carbocycles. The van der Waals surface area contributed by atoms with Crippen molar-refractivity contribution in [2.24, 2.45) is 7.05 Å². The average Bonchev–Trinajstić information content (AvgIpc) is 3.20. The van der Waals surface area contributed by atoms with Crippen molar-refractivity contribution in [2.75, 3.05) is 26.8 Å². The Hall–Kier alpha value is -2.34. The fourth-order valence-electron chi connectivity index (χ4n) is 2.98. The van der Waals surface area contributed by atoms with Crippen LogP contribution in [0, 0.1) is 5.82 Å². The van der Waals surface area contributed by atoms with Crippen LogP contribution in [-0.4, -0.2) is 47.8 Å². The van der Waals surface area contributed by atoms with Crippen LogP contribution >= 0.6 is 0 Å². The van der Waals surface area contributed by atoms with E-state index in [9.17, 15) is 9.18 Å². The van der Waals surface area contributed by atoms with E-state index in [1.54, 1.807) is 34.8 Å². The number of hydrogen-bond acceptors (Lipinski definition) is 3. The fraction of sp³-hybridized carbons (Fsp3) is 0.389. The number of methoxy groups -OCH3 is 1. The van der Waals surface area contributed by atoms with Gasteiger partial charge in [-0.3, -0.25) is 4.79 Å². The Morgan fingerprint density at radius 3 is 2.83 bits per heavy atom. The Bertz CT molecular complexity index is 731. The van der Waals surface area contributed by atoms with Gasteiger partial charge in [0.2, 0.25) is 0 Å². The molecule has 1 saturated heterocycles. The van der Waals surface area contributed by atoms with Crippen molar-refractivity contribution in [1.82, 2.24) is 9.47 Å². The van der Waals surface area contributed by atoms with Crippen molar-refractivity contribution in [3.8, 4) is 5.75 Å². The van der Waals surface area contributed by atoms with Gasteiger partial charge in [-0.25, -0.2) is 4.39 Å². The number of carbonyl (C=O) groups excluding carboxylic acids is 1. The molecule has 2 aromatic rings. The summed E-state index contributed by atoms with van der Waals surface area (Å²) in [6.45, 7) is 1.32. The van der Waals surface area contributed by atoms with Gasteiger partial charge in [-0.1, -0.05) is 6.07 Å². The Balaban J connectivity index is 1.66. The molecule has 1 aliphatic rings. The van der Waals surface area contributed by atoms with Gasteiger partial charge in [0.1, 0.15) is 29.5 Å². The van der Waals surface area contributed by atoms with Crippen molar-refractivity contribution >= 4 is 5.91 Å². The minimum atomic E-state index is -0.576. The second-order valence-corrected chi connectivity index (χ2v) is 6.11. The van der Waals surface area contributed by atoms with E-state index in [0.717, 1.165) is 0 Å². The average molecular weight is 332 g/mol. The number of ether oxygens (including phenoxy) is 2. The van der Waals surface area contributed by atoms with E-state index >= 15 is 0 Å². The number of benzene rings is 1. The molecule has 0 radical (unpaired) electrons. The smallest absolute Gasteiger partial charge is 0.270 e. The zero-order valence-electron chi connectivity index (χ0n) is 13.9. The maximum atomic E-state index is 13.2. The first kappa shape index (κ1) is 16.5. The number of rotatable bonds is 5. The highest BCUT2D eigenvalue weighted by atomic mass is 19.1. The number of halogens is 1. The van der Waals surface area contributed by atoms with Crippen LogP contribution in [0.2, 0.25) is 0 Å². The Morgan fingerprint density at radius 1 is 1.33 bits per heavy atom. The molecule has 128 valence electrons. The minimum absolute atomic E-state index is 0.0211. The summed E-state index contributed by atoms with van der Waals surface area (Å²) in [7, 11) is 3.46. The predicted octanol–water partition coefficient (Wildman–Crippen LogP) is 2.47. The van der Waals surface area contributed by atoms with Gasteiger partial charge in [0.05, 0.1) is 6.54 Å². The van der Waals surface area contributed by atoms with Gasteiger partial charge in [0, 0.05) is 33.0 Å². The lowest BCUT2D eigenvalue weighted by atomic mass is 10.0. The van der Waals surface area contributed by atoms with E-state index in [0.29, 0.717) is 31.0 Å². The van der Waals surface area contributed by atoms with Crippen molar-refractivity contribution in [3.05, 3.63) is 54.1 Å². The second-order valence-electron chi connectivity index (χ2n) is 6.11. The number of aromatic nitrogens is 1. The Labute approximate surface area is 140 Å². The normalized spacial score (nSPS) is 20.4. The topological polar surface area (TPSA) is 43.7 Å². The standard InChI is InChI=1S/C18H21FN2O3/c1-20-9-4-7-16(20)17(22)21-10-8-18(12-21,23-2)13-24-15-6-3-5-14(19)11-15/h3-7,9,11H,8,10,12-13H2,1-2H3/t18-/m1/s1. The summed E-state index contributed by atoms with van der Waals surface area (Å²) < 4.78 is 26.4. The molecular weight excluding hydrogens is 311 g/mol. The lowest BCUT2D eigenvalue weighted by Crippen LogP contribution is -2.42. The Morgan fingerprint density at radius 2 is 2.17 bits per heavy atom. The quantitative estimate of drug-likeness (QED) is 0.845. The second kappa shape index (κ2) is 6.65. The molecule has 1 aromatic heterocycles. The third-order valence-corrected chi connectivity index (χ3v) is 4.50. The van der Waals surface area contributed by atoms with Gasteiger partial charge in [-0.2, -0.15) is 0 Å². The minimum Gasteiger partial charge on any atom is -0.490 e. The molecule has 5 nitrogen and oxygen atoms in total. The number of carbonyl (C=O) groups is 1. The molecule has 1 aliphatic heterocycles. The molecule has 2 heterocycles. The third-order valence-electron chi connectivity index (χ3n) is 4.50. The highest BCUT2D eigenvalue weighted by Gasteiger charge is 2.41. The van der Waals surface area contributed by atoms with E-state index in [4.69, 9.17) is 9.47 Å². The van der Waals surface area contributed by atoms with E-state index < -0.39 is 5.60 Å². The lowest BCUT2D eigenvalue weighted by Gasteiger charge is -2.28.